The summed E-state index contributed by atoms with van der Waals surface area (Å²) >= 11 is 0. The third-order valence-corrected chi connectivity index (χ3v) is 4.33. The molecule has 0 aromatic heterocycles. The smallest absolute Gasteiger partial charge is 0.0615 e. The average Bonchev–Trinajstić information content (AvgIpc) is 2.81. The Morgan fingerprint density at radius 3 is 2.83 bits per heavy atom. The number of nitrogens with one attached hydrogen (secondary N) is 1. The van der Waals surface area contributed by atoms with Gasteiger partial charge in [-0.15, -0.1) is 0 Å². The maximum Gasteiger partial charge on any atom is 0.0615 e. The van der Waals surface area contributed by atoms with E-state index in [1.807, 2.05) is 0 Å². The Kier molecular flexibility index (Phi) is 7.87. The van der Waals surface area contributed by atoms with Gasteiger partial charge in [0.05, 0.1) is 6.61 Å². The van der Waals surface area contributed by atoms with Gasteiger partial charge in [0, 0.05) is 19.2 Å². The molecule has 0 radical (unpaired) electrons. The fourth-order valence-electron chi connectivity index (χ4n) is 2.94. The van der Waals surface area contributed by atoms with Crippen LogP contribution in [0.2, 0.25) is 0 Å². The van der Waals surface area contributed by atoms with Crippen molar-refractivity contribution in [2.45, 2.75) is 58.0 Å². The number of methoxy groups -OCH3 is 1. The molecule has 3 heteroatoms. The molecule has 3 unspecified atom stereocenters. The Morgan fingerprint density at radius 2 is 2.17 bits per heavy atom. The van der Waals surface area contributed by atoms with Crippen molar-refractivity contribution in [3.05, 3.63) is 0 Å². The Morgan fingerprint density at radius 1 is 1.39 bits per heavy atom. The van der Waals surface area contributed by atoms with Crippen LogP contribution in [0.25, 0.3) is 0 Å². The Hall–Kier alpha value is -0.120. The maximum atomic E-state index is 5.22. The number of ether oxygens (including phenoxy) is 1. The number of hydrogen-bond donors (Lipinski definition) is 1. The minimum atomic E-state index is 0.526. The van der Waals surface area contributed by atoms with Crippen LogP contribution in [0.3, 0.4) is 0 Å². The van der Waals surface area contributed by atoms with Crippen molar-refractivity contribution < 1.29 is 4.74 Å². The first-order chi connectivity index (χ1) is 8.69. The zero-order chi connectivity index (χ0) is 13.4. The highest BCUT2D eigenvalue weighted by molar-refractivity contribution is 4.83. The van der Waals surface area contributed by atoms with Crippen LogP contribution in [-0.4, -0.2) is 50.8 Å². The lowest BCUT2D eigenvalue weighted by molar-refractivity contribution is 0.111. The highest BCUT2D eigenvalue weighted by atomic mass is 16.5. The van der Waals surface area contributed by atoms with Crippen molar-refractivity contribution in [2.75, 3.05) is 33.9 Å². The second-order valence-electron chi connectivity index (χ2n) is 5.83. The largest absolute Gasteiger partial charge is 0.383 e. The zero-order valence-electron chi connectivity index (χ0n) is 12.7. The van der Waals surface area contributed by atoms with Crippen molar-refractivity contribution in [1.29, 1.82) is 0 Å². The van der Waals surface area contributed by atoms with Crippen molar-refractivity contribution in [1.82, 2.24) is 10.2 Å². The normalized spacial score (nSPS) is 25.8. The standard InChI is InChI=1S/C15H32N2O/c1-5-10-16-15-8-6-7-14(15)9-11-17(3)13(2)12-18-4/h13-16H,5-12H2,1-4H3. The van der Waals surface area contributed by atoms with Gasteiger partial charge in [-0.05, 0) is 58.7 Å². The van der Waals surface area contributed by atoms with Gasteiger partial charge in [0.25, 0.3) is 0 Å². The molecular weight excluding hydrogens is 224 g/mol. The Bertz CT molecular complexity index is 211. The van der Waals surface area contributed by atoms with E-state index in [4.69, 9.17) is 4.74 Å². The van der Waals surface area contributed by atoms with Crippen molar-refractivity contribution in [2.24, 2.45) is 5.92 Å². The number of hydrogen-bond acceptors (Lipinski definition) is 3. The van der Waals surface area contributed by atoms with E-state index in [1.54, 1.807) is 7.11 Å². The van der Waals surface area contributed by atoms with Gasteiger partial charge in [-0.1, -0.05) is 13.3 Å². The summed E-state index contributed by atoms with van der Waals surface area (Å²) in [6.07, 6.45) is 6.76. The lowest BCUT2D eigenvalue weighted by Gasteiger charge is -2.27. The van der Waals surface area contributed by atoms with Crippen LogP contribution in [0.4, 0.5) is 0 Å². The maximum absolute atomic E-state index is 5.22. The van der Waals surface area contributed by atoms with Crippen molar-refractivity contribution >= 4 is 0 Å². The lowest BCUT2D eigenvalue weighted by atomic mass is 9.99. The highest BCUT2D eigenvalue weighted by Gasteiger charge is 2.26. The number of likely N-dealkylation sites (N-methyl/N-ethyl adjacent to an activating group) is 1. The van der Waals surface area contributed by atoms with Gasteiger partial charge in [0.2, 0.25) is 0 Å². The van der Waals surface area contributed by atoms with Gasteiger partial charge in [0.15, 0.2) is 0 Å². The summed E-state index contributed by atoms with van der Waals surface area (Å²) in [5, 5.41) is 3.72. The SMILES string of the molecule is CCCNC1CCCC1CCN(C)C(C)COC. The Labute approximate surface area is 113 Å². The first-order valence-electron chi connectivity index (χ1n) is 7.61. The summed E-state index contributed by atoms with van der Waals surface area (Å²) < 4.78 is 5.22. The van der Waals surface area contributed by atoms with Gasteiger partial charge in [-0.3, -0.25) is 0 Å². The second kappa shape index (κ2) is 8.89. The average molecular weight is 256 g/mol. The van der Waals surface area contributed by atoms with Gasteiger partial charge < -0.3 is 15.0 Å². The molecule has 1 N–H and O–H groups in total. The molecule has 0 aliphatic heterocycles. The molecule has 1 fully saturated rings. The molecule has 1 aliphatic carbocycles. The number of nitrogens with zero attached hydrogens (tertiary/aromatic N) is 1. The minimum Gasteiger partial charge on any atom is -0.383 e. The number of rotatable bonds is 9. The van der Waals surface area contributed by atoms with Crippen LogP contribution < -0.4 is 5.32 Å². The molecule has 0 aromatic carbocycles. The van der Waals surface area contributed by atoms with E-state index in [0.29, 0.717) is 6.04 Å². The van der Waals surface area contributed by atoms with E-state index in [2.05, 4.69) is 31.1 Å². The predicted molar refractivity (Wildman–Crippen MR) is 78.0 cm³/mol. The van der Waals surface area contributed by atoms with E-state index < -0.39 is 0 Å². The molecular formula is C15H32N2O. The van der Waals surface area contributed by atoms with E-state index in [0.717, 1.165) is 18.6 Å². The molecule has 1 rings (SSSR count). The molecule has 0 heterocycles. The van der Waals surface area contributed by atoms with Gasteiger partial charge in [-0.25, -0.2) is 0 Å². The summed E-state index contributed by atoms with van der Waals surface area (Å²) in [7, 11) is 4.00. The van der Waals surface area contributed by atoms with Crippen LogP contribution in [0.15, 0.2) is 0 Å². The molecule has 0 amide bonds. The lowest BCUT2D eigenvalue weighted by Crippen LogP contribution is -2.37. The van der Waals surface area contributed by atoms with Crippen LogP contribution in [-0.2, 0) is 4.74 Å². The van der Waals surface area contributed by atoms with E-state index in [1.165, 1.54) is 45.2 Å². The fraction of sp³-hybridized carbons (Fsp3) is 1.00. The molecule has 1 saturated carbocycles. The van der Waals surface area contributed by atoms with Crippen LogP contribution in [0.5, 0.6) is 0 Å². The quantitative estimate of drug-likeness (QED) is 0.686. The summed E-state index contributed by atoms with van der Waals surface area (Å²) in [5.41, 5.74) is 0. The van der Waals surface area contributed by atoms with Crippen LogP contribution in [0, 0.1) is 5.92 Å². The van der Waals surface area contributed by atoms with Crippen LogP contribution in [0.1, 0.15) is 46.0 Å². The van der Waals surface area contributed by atoms with E-state index in [-0.39, 0.29) is 0 Å². The fourth-order valence-corrected chi connectivity index (χ4v) is 2.94. The minimum absolute atomic E-state index is 0.526. The van der Waals surface area contributed by atoms with E-state index in [9.17, 15) is 0 Å². The molecule has 1 aliphatic rings. The Balaban J connectivity index is 2.24. The molecule has 108 valence electrons. The zero-order valence-corrected chi connectivity index (χ0v) is 12.7. The molecule has 3 atom stereocenters. The van der Waals surface area contributed by atoms with E-state index >= 15 is 0 Å². The topological polar surface area (TPSA) is 24.5 Å². The third kappa shape index (κ3) is 5.25. The first-order valence-corrected chi connectivity index (χ1v) is 7.61. The first kappa shape index (κ1) is 15.9. The third-order valence-electron chi connectivity index (χ3n) is 4.33. The summed E-state index contributed by atoms with van der Waals surface area (Å²) in [6.45, 7) is 7.69. The monoisotopic (exact) mass is 256 g/mol. The van der Waals surface area contributed by atoms with Crippen LogP contribution >= 0.6 is 0 Å². The van der Waals surface area contributed by atoms with Crippen molar-refractivity contribution in [3.8, 4) is 0 Å². The van der Waals surface area contributed by atoms with Gasteiger partial charge in [0.1, 0.15) is 0 Å². The van der Waals surface area contributed by atoms with Gasteiger partial charge in [-0.2, -0.15) is 0 Å². The second-order valence-corrected chi connectivity index (χ2v) is 5.83. The van der Waals surface area contributed by atoms with Gasteiger partial charge >= 0.3 is 0 Å². The summed E-state index contributed by atoms with van der Waals surface area (Å²) in [6, 6.07) is 1.30. The summed E-state index contributed by atoms with van der Waals surface area (Å²) in [4.78, 5) is 2.43. The highest BCUT2D eigenvalue weighted by Crippen LogP contribution is 2.28. The molecule has 18 heavy (non-hydrogen) atoms. The molecule has 0 spiro atoms. The molecule has 0 aromatic rings. The van der Waals surface area contributed by atoms with Crippen molar-refractivity contribution in [3.63, 3.8) is 0 Å². The molecule has 0 bridgehead atoms. The predicted octanol–water partition coefficient (Wildman–Crippen LogP) is 2.51. The molecule has 0 saturated heterocycles. The molecule has 3 nitrogen and oxygen atoms in total. The summed E-state index contributed by atoms with van der Waals surface area (Å²) in [5.74, 6) is 0.883.